The summed E-state index contributed by atoms with van der Waals surface area (Å²) < 4.78 is 0. The van der Waals surface area contributed by atoms with Gasteiger partial charge in [-0.3, -0.25) is 0 Å². The van der Waals surface area contributed by atoms with Crippen LogP contribution in [0.25, 0.3) is 0 Å². The van der Waals surface area contributed by atoms with Crippen molar-refractivity contribution in [2.75, 3.05) is 6.61 Å². The van der Waals surface area contributed by atoms with E-state index in [9.17, 15) is 5.11 Å². The molecule has 0 spiro atoms. The Labute approximate surface area is 78.2 Å². The van der Waals surface area contributed by atoms with Gasteiger partial charge in [-0.1, -0.05) is 29.8 Å². The van der Waals surface area contributed by atoms with Crippen molar-refractivity contribution in [3.63, 3.8) is 0 Å². The number of para-hydroxylation sites is 1. The van der Waals surface area contributed by atoms with Crippen molar-refractivity contribution >= 4 is 0 Å². The van der Waals surface area contributed by atoms with Crippen LogP contribution in [0, 0.1) is 0 Å². The van der Waals surface area contributed by atoms with Crippen LogP contribution in [0.3, 0.4) is 0 Å². The maximum atomic E-state index is 9.44. The Kier molecular flexibility index (Phi) is 3.53. The number of phenolic OH excluding ortho intramolecular Hbond substituents is 1. The zero-order chi connectivity index (χ0) is 9.68. The van der Waals surface area contributed by atoms with Crippen molar-refractivity contribution in [1.29, 1.82) is 0 Å². The van der Waals surface area contributed by atoms with Crippen LogP contribution in [0.15, 0.2) is 35.9 Å². The highest BCUT2D eigenvalue weighted by molar-refractivity contribution is 5.34. The highest BCUT2D eigenvalue weighted by atomic mass is 16.3. The number of rotatable bonds is 3. The predicted octanol–water partition coefficient (Wildman–Crippen LogP) is 1.87. The first kappa shape index (κ1) is 9.81. The fourth-order valence-corrected chi connectivity index (χ4v) is 1.19. The van der Waals surface area contributed by atoms with Crippen LogP contribution in [0.5, 0.6) is 5.75 Å². The molecule has 2 N–H and O–H groups in total. The molecule has 2 heteroatoms. The maximum absolute atomic E-state index is 9.44. The quantitative estimate of drug-likeness (QED) is 0.694. The Hall–Kier alpha value is -1.28. The van der Waals surface area contributed by atoms with Gasteiger partial charge in [-0.05, 0) is 25.0 Å². The molecule has 0 aliphatic carbocycles. The van der Waals surface area contributed by atoms with Crippen molar-refractivity contribution in [2.45, 2.75) is 13.3 Å². The van der Waals surface area contributed by atoms with E-state index in [0.717, 1.165) is 11.1 Å². The first-order valence-electron chi connectivity index (χ1n) is 4.27. The molecule has 0 fully saturated rings. The minimum absolute atomic E-state index is 0.0550. The maximum Gasteiger partial charge on any atom is 0.119 e. The first-order valence-corrected chi connectivity index (χ1v) is 4.27. The molecule has 0 aromatic heterocycles. The van der Waals surface area contributed by atoms with Gasteiger partial charge < -0.3 is 10.2 Å². The summed E-state index contributed by atoms with van der Waals surface area (Å²) in [5.41, 5.74) is 1.95. The number of aliphatic hydroxyl groups is 1. The Balaban J connectivity index is 2.74. The fraction of sp³-hybridized carbons (Fsp3) is 0.273. The lowest BCUT2D eigenvalue weighted by molar-refractivity contribution is 0.341. The topological polar surface area (TPSA) is 40.5 Å². The highest BCUT2D eigenvalue weighted by Crippen LogP contribution is 2.18. The molecule has 0 radical (unpaired) electrons. The second kappa shape index (κ2) is 4.67. The third kappa shape index (κ3) is 2.92. The molecule has 0 amide bonds. The van der Waals surface area contributed by atoms with Gasteiger partial charge in [-0.25, -0.2) is 0 Å². The lowest BCUT2D eigenvalue weighted by atomic mass is 10.1. The zero-order valence-corrected chi connectivity index (χ0v) is 7.70. The summed E-state index contributed by atoms with van der Waals surface area (Å²) in [5, 5.41) is 18.1. The summed E-state index contributed by atoms with van der Waals surface area (Å²) in [6.07, 6.45) is 2.43. The van der Waals surface area contributed by atoms with E-state index in [2.05, 4.69) is 0 Å². The van der Waals surface area contributed by atoms with E-state index in [1.807, 2.05) is 19.1 Å². The van der Waals surface area contributed by atoms with Crippen molar-refractivity contribution < 1.29 is 10.2 Å². The molecule has 1 rings (SSSR count). The molecule has 13 heavy (non-hydrogen) atoms. The van der Waals surface area contributed by atoms with E-state index in [4.69, 9.17) is 5.11 Å². The van der Waals surface area contributed by atoms with Gasteiger partial charge in [0.15, 0.2) is 0 Å². The van der Waals surface area contributed by atoms with Gasteiger partial charge >= 0.3 is 0 Å². The molecule has 0 bridgehead atoms. The lowest BCUT2D eigenvalue weighted by Gasteiger charge is -2.03. The molecular weight excluding hydrogens is 164 g/mol. The third-order valence-corrected chi connectivity index (χ3v) is 1.90. The third-order valence-electron chi connectivity index (χ3n) is 1.90. The molecule has 0 heterocycles. The van der Waals surface area contributed by atoms with Crippen molar-refractivity contribution in [2.24, 2.45) is 0 Å². The van der Waals surface area contributed by atoms with Crippen LogP contribution in [-0.2, 0) is 6.42 Å². The van der Waals surface area contributed by atoms with Crippen LogP contribution >= 0.6 is 0 Å². The Bertz CT molecular complexity index is 303. The lowest BCUT2D eigenvalue weighted by Crippen LogP contribution is -1.88. The van der Waals surface area contributed by atoms with E-state index in [-0.39, 0.29) is 6.61 Å². The van der Waals surface area contributed by atoms with E-state index in [1.165, 1.54) is 0 Å². The summed E-state index contributed by atoms with van der Waals surface area (Å²) in [5.74, 6) is 0.313. The normalized spacial score (nSPS) is 11.7. The summed E-state index contributed by atoms with van der Waals surface area (Å²) in [4.78, 5) is 0. The molecule has 70 valence electrons. The molecule has 0 atom stereocenters. The molecule has 1 aromatic rings. The largest absolute Gasteiger partial charge is 0.508 e. The van der Waals surface area contributed by atoms with Gasteiger partial charge in [0, 0.05) is 0 Å². The Morgan fingerprint density at radius 2 is 2.08 bits per heavy atom. The van der Waals surface area contributed by atoms with Crippen molar-refractivity contribution in [3.8, 4) is 5.75 Å². The minimum atomic E-state index is 0.0550. The fourth-order valence-electron chi connectivity index (χ4n) is 1.19. The highest BCUT2D eigenvalue weighted by Gasteiger charge is 1.99. The molecule has 0 saturated heterocycles. The average Bonchev–Trinajstić information content (AvgIpc) is 2.09. The average molecular weight is 178 g/mol. The monoisotopic (exact) mass is 178 g/mol. The summed E-state index contributed by atoms with van der Waals surface area (Å²) in [7, 11) is 0. The van der Waals surface area contributed by atoms with E-state index >= 15 is 0 Å². The molecule has 2 nitrogen and oxygen atoms in total. The predicted molar refractivity (Wildman–Crippen MR) is 52.7 cm³/mol. The number of allylic oxidation sites excluding steroid dienone is 1. The standard InChI is InChI=1S/C11H14O2/c1-9(6-7-12)8-10-4-2-3-5-11(10)13/h2-6,12-13H,7-8H2,1H3/b9-6+. The second-order valence-electron chi connectivity index (χ2n) is 3.04. The van der Waals surface area contributed by atoms with Gasteiger partial charge in [0.05, 0.1) is 6.61 Å². The van der Waals surface area contributed by atoms with Crippen LogP contribution in [0.2, 0.25) is 0 Å². The molecule has 1 aromatic carbocycles. The van der Waals surface area contributed by atoms with E-state index < -0.39 is 0 Å². The smallest absolute Gasteiger partial charge is 0.119 e. The Morgan fingerprint density at radius 3 is 2.69 bits per heavy atom. The molecule has 0 aliphatic heterocycles. The molecule has 0 unspecified atom stereocenters. The number of aromatic hydroxyl groups is 1. The van der Waals surface area contributed by atoms with Gasteiger partial charge in [-0.15, -0.1) is 0 Å². The Morgan fingerprint density at radius 1 is 1.38 bits per heavy atom. The van der Waals surface area contributed by atoms with E-state index in [1.54, 1.807) is 18.2 Å². The van der Waals surface area contributed by atoms with Crippen LogP contribution in [0.1, 0.15) is 12.5 Å². The van der Waals surface area contributed by atoms with Gasteiger partial charge in [-0.2, -0.15) is 0 Å². The SMILES string of the molecule is C/C(=C\CO)Cc1ccccc1O. The summed E-state index contributed by atoms with van der Waals surface area (Å²) in [6.45, 7) is 1.99. The molecule has 0 saturated carbocycles. The first-order chi connectivity index (χ1) is 6.24. The van der Waals surface area contributed by atoms with Gasteiger partial charge in [0.2, 0.25) is 0 Å². The number of hydrogen-bond donors (Lipinski definition) is 2. The molecule has 0 aliphatic rings. The minimum Gasteiger partial charge on any atom is -0.508 e. The van der Waals surface area contributed by atoms with Gasteiger partial charge in [0.1, 0.15) is 5.75 Å². The second-order valence-corrected chi connectivity index (χ2v) is 3.04. The van der Waals surface area contributed by atoms with Gasteiger partial charge in [0.25, 0.3) is 0 Å². The zero-order valence-electron chi connectivity index (χ0n) is 7.70. The molecular formula is C11H14O2. The van der Waals surface area contributed by atoms with Crippen molar-refractivity contribution in [3.05, 3.63) is 41.5 Å². The number of phenols is 1. The van der Waals surface area contributed by atoms with E-state index in [0.29, 0.717) is 12.2 Å². The number of benzene rings is 1. The summed E-state index contributed by atoms with van der Waals surface area (Å²) >= 11 is 0. The van der Waals surface area contributed by atoms with Crippen LogP contribution in [-0.4, -0.2) is 16.8 Å². The van der Waals surface area contributed by atoms with Crippen LogP contribution < -0.4 is 0 Å². The number of aliphatic hydroxyl groups excluding tert-OH is 1. The number of hydrogen-bond acceptors (Lipinski definition) is 2. The summed E-state index contributed by atoms with van der Waals surface area (Å²) in [6, 6.07) is 7.23. The van der Waals surface area contributed by atoms with Crippen molar-refractivity contribution in [1.82, 2.24) is 0 Å². The van der Waals surface area contributed by atoms with Crippen LogP contribution in [0.4, 0.5) is 0 Å².